The highest BCUT2D eigenvalue weighted by Crippen LogP contribution is 2.49. The number of hydrogen-bond acceptors (Lipinski definition) is 5. The number of ether oxygens (including phenoxy) is 1. The molecule has 0 saturated carbocycles. The number of aliphatic hydroxyl groups is 1. The van der Waals surface area contributed by atoms with E-state index in [0.717, 1.165) is 0 Å². The molecule has 1 fully saturated rings. The van der Waals surface area contributed by atoms with Crippen LogP contribution in [0.3, 0.4) is 0 Å². The predicted molar refractivity (Wildman–Crippen MR) is 99.1 cm³/mol. The zero-order valence-corrected chi connectivity index (χ0v) is 16.3. The summed E-state index contributed by atoms with van der Waals surface area (Å²) < 4.78 is 81.7. The maximum atomic E-state index is 13.7. The minimum Gasteiger partial charge on any atom is -0.406 e. The van der Waals surface area contributed by atoms with Gasteiger partial charge in [0.05, 0.1) is 12.0 Å². The summed E-state index contributed by atoms with van der Waals surface area (Å²) in [4.78, 5) is 13.6. The van der Waals surface area contributed by atoms with Crippen LogP contribution in [0, 0.1) is 0 Å². The van der Waals surface area contributed by atoms with Crippen LogP contribution in [0.1, 0.15) is 36.4 Å². The van der Waals surface area contributed by atoms with E-state index in [0.29, 0.717) is 31.6 Å². The molecule has 2 aromatic rings. The van der Waals surface area contributed by atoms with E-state index in [1.807, 2.05) is 4.90 Å². The van der Waals surface area contributed by atoms with Crippen LogP contribution >= 0.6 is 0 Å². The molecular weight excluding hydrogens is 446 g/mol. The van der Waals surface area contributed by atoms with Gasteiger partial charge in [0.25, 0.3) is 0 Å². The lowest BCUT2D eigenvalue weighted by molar-refractivity contribution is -0.274. The smallest absolute Gasteiger partial charge is 0.406 e. The molecule has 1 amide bonds. The third kappa shape index (κ3) is 4.08. The van der Waals surface area contributed by atoms with Gasteiger partial charge >= 0.3 is 12.5 Å². The summed E-state index contributed by atoms with van der Waals surface area (Å²) in [5.74, 6) is -2.06. The molecule has 4 rings (SSSR count). The van der Waals surface area contributed by atoms with Gasteiger partial charge in [-0.15, -0.1) is 13.2 Å². The lowest BCUT2D eigenvalue weighted by Crippen LogP contribution is -2.48. The molecule has 2 aliphatic heterocycles. The van der Waals surface area contributed by atoms with Crippen molar-refractivity contribution in [2.45, 2.75) is 43.3 Å². The number of hydrogen-bond donors (Lipinski definition) is 3. The molecule has 13 heteroatoms. The van der Waals surface area contributed by atoms with Crippen molar-refractivity contribution < 1.29 is 41.0 Å². The van der Waals surface area contributed by atoms with E-state index in [4.69, 9.17) is 0 Å². The van der Waals surface area contributed by atoms with Crippen molar-refractivity contribution in [2.75, 3.05) is 23.3 Å². The number of carbonyl (C=O) groups excluding carboxylic acids is 1. The predicted octanol–water partition coefficient (Wildman–Crippen LogP) is 3.78. The summed E-state index contributed by atoms with van der Waals surface area (Å²) in [7, 11) is 0. The summed E-state index contributed by atoms with van der Waals surface area (Å²) >= 11 is 0. The highest BCUT2D eigenvalue weighted by atomic mass is 19.4. The third-order valence-corrected chi connectivity index (χ3v) is 5.69. The second-order valence-corrected chi connectivity index (χ2v) is 7.75. The Morgan fingerprint density at radius 3 is 2.28 bits per heavy atom. The molecule has 1 aromatic heterocycles. The Morgan fingerprint density at radius 2 is 1.72 bits per heavy atom. The molecule has 1 aromatic carbocycles. The molecule has 7 nitrogen and oxygen atoms in total. The standard InChI is InChI=1S/C19H18F6N4O3/c20-18(21,22)17(31)9-13(30)26-16-14(17)15(27-28-16)10-5-7-29(8-6-10)11-1-3-12(4-2-11)32-19(23,24)25/h1-4,10,31H,5-9H2,(H2,26,27,28,30). The topological polar surface area (TPSA) is 90.5 Å². The number of piperidine rings is 1. The fraction of sp³-hybridized carbons (Fsp3) is 0.474. The number of halogens is 6. The minimum atomic E-state index is -5.07. The van der Waals surface area contributed by atoms with Gasteiger partial charge in [0, 0.05) is 30.4 Å². The van der Waals surface area contributed by atoms with E-state index in [-0.39, 0.29) is 23.2 Å². The lowest BCUT2D eigenvalue weighted by atomic mass is 9.81. The Labute approximate surface area is 177 Å². The highest BCUT2D eigenvalue weighted by molar-refractivity contribution is 5.94. The molecule has 0 radical (unpaired) electrons. The van der Waals surface area contributed by atoms with E-state index in [1.165, 1.54) is 24.3 Å². The van der Waals surface area contributed by atoms with Crippen LogP contribution in [-0.2, 0) is 10.4 Å². The molecule has 0 spiro atoms. The largest absolute Gasteiger partial charge is 0.573 e. The minimum absolute atomic E-state index is 0.119. The molecule has 3 N–H and O–H groups in total. The quantitative estimate of drug-likeness (QED) is 0.602. The van der Waals surface area contributed by atoms with Crippen molar-refractivity contribution in [1.82, 2.24) is 10.2 Å². The van der Waals surface area contributed by atoms with Gasteiger partial charge in [-0.25, -0.2) is 0 Å². The number of aromatic amines is 1. The Bertz CT molecular complexity index is 996. The maximum absolute atomic E-state index is 13.7. The number of rotatable bonds is 3. The van der Waals surface area contributed by atoms with Crippen LogP contribution in [-0.4, -0.2) is 46.8 Å². The molecule has 32 heavy (non-hydrogen) atoms. The van der Waals surface area contributed by atoms with Gasteiger partial charge in [-0.3, -0.25) is 9.89 Å². The Balaban J connectivity index is 1.50. The molecule has 2 aliphatic rings. The Kier molecular flexibility index (Phi) is 5.26. The molecule has 0 bridgehead atoms. The van der Waals surface area contributed by atoms with Crippen molar-refractivity contribution in [2.24, 2.45) is 0 Å². The number of aromatic nitrogens is 2. The van der Waals surface area contributed by atoms with E-state index in [9.17, 15) is 36.2 Å². The number of benzene rings is 1. The van der Waals surface area contributed by atoms with Crippen molar-refractivity contribution in [3.8, 4) is 5.75 Å². The average Bonchev–Trinajstić information content (AvgIpc) is 3.11. The Hall–Kier alpha value is -2.96. The van der Waals surface area contributed by atoms with Gasteiger partial charge in [-0.05, 0) is 37.1 Å². The van der Waals surface area contributed by atoms with Crippen LogP contribution in [0.5, 0.6) is 5.75 Å². The van der Waals surface area contributed by atoms with E-state index in [1.54, 1.807) is 0 Å². The van der Waals surface area contributed by atoms with Crippen LogP contribution in [0.15, 0.2) is 24.3 Å². The van der Waals surface area contributed by atoms with Crippen LogP contribution in [0.2, 0.25) is 0 Å². The van der Waals surface area contributed by atoms with Crippen molar-refractivity contribution in [1.29, 1.82) is 0 Å². The number of amides is 1. The molecule has 1 atom stereocenters. The van der Waals surface area contributed by atoms with Crippen LogP contribution in [0.25, 0.3) is 0 Å². The van der Waals surface area contributed by atoms with E-state index in [2.05, 4.69) is 20.3 Å². The zero-order chi connectivity index (χ0) is 23.3. The lowest BCUT2D eigenvalue weighted by Gasteiger charge is -2.37. The fourth-order valence-corrected chi connectivity index (χ4v) is 4.18. The summed E-state index contributed by atoms with van der Waals surface area (Å²) in [6.45, 7) is 0.823. The molecule has 1 saturated heterocycles. The number of anilines is 2. The zero-order valence-electron chi connectivity index (χ0n) is 16.3. The second-order valence-electron chi connectivity index (χ2n) is 7.75. The summed E-state index contributed by atoms with van der Waals surface area (Å²) in [5, 5.41) is 19.0. The molecule has 174 valence electrons. The monoisotopic (exact) mass is 464 g/mol. The molecule has 0 aliphatic carbocycles. The van der Waals surface area contributed by atoms with Crippen LogP contribution in [0.4, 0.5) is 37.8 Å². The number of alkyl halides is 6. The van der Waals surface area contributed by atoms with Crippen molar-refractivity contribution >= 4 is 17.4 Å². The summed E-state index contributed by atoms with van der Waals surface area (Å²) in [5.41, 5.74) is -3.04. The number of nitrogens with zero attached hydrogens (tertiary/aromatic N) is 2. The van der Waals surface area contributed by atoms with Gasteiger partial charge < -0.3 is 20.1 Å². The van der Waals surface area contributed by atoms with Gasteiger partial charge in [-0.1, -0.05) is 0 Å². The van der Waals surface area contributed by atoms with E-state index >= 15 is 0 Å². The summed E-state index contributed by atoms with van der Waals surface area (Å²) in [6, 6.07) is 5.31. The first-order valence-corrected chi connectivity index (χ1v) is 9.66. The Morgan fingerprint density at radius 1 is 1.09 bits per heavy atom. The second kappa shape index (κ2) is 7.57. The number of fused-ring (bicyclic) bond motifs is 1. The molecule has 3 heterocycles. The highest BCUT2D eigenvalue weighted by Gasteiger charge is 2.61. The first-order chi connectivity index (χ1) is 14.9. The summed E-state index contributed by atoms with van der Waals surface area (Å²) in [6.07, 6.45) is -10.2. The SMILES string of the molecule is O=C1CC(O)(C(F)(F)F)c2c(n[nH]c2C2CCN(c3ccc(OC(F)(F)F)cc3)CC2)N1. The normalized spacial score (nSPS) is 22.5. The third-order valence-electron chi connectivity index (χ3n) is 5.69. The van der Waals surface area contributed by atoms with Crippen molar-refractivity contribution in [3.05, 3.63) is 35.5 Å². The van der Waals surface area contributed by atoms with Crippen LogP contribution < -0.4 is 15.0 Å². The number of carbonyl (C=O) groups is 1. The molecular formula is C19H18F6N4O3. The van der Waals surface area contributed by atoms with E-state index < -0.39 is 36.0 Å². The van der Waals surface area contributed by atoms with Gasteiger partial charge in [0.15, 0.2) is 11.4 Å². The maximum Gasteiger partial charge on any atom is 0.573 e. The van der Waals surface area contributed by atoms with Gasteiger partial charge in [0.2, 0.25) is 5.91 Å². The number of nitrogens with one attached hydrogen (secondary N) is 2. The number of H-pyrrole nitrogens is 1. The first kappa shape index (κ1) is 22.2. The van der Waals surface area contributed by atoms with Gasteiger partial charge in [-0.2, -0.15) is 18.3 Å². The molecule has 1 unspecified atom stereocenters. The average molecular weight is 464 g/mol. The van der Waals surface area contributed by atoms with Crippen molar-refractivity contribution in [3.63, 3.8) is 0 Å². The van der Waals surface area contributed by atoms with Gasteiger partial charge in [0.1, 0.15) is 5.75 Å². The fourth-order valence-electron chi connectivity index (χ4n) is 4.18. The first-order valence-electron chi connectivity index (χ1n) is 9.66.